The largest absolute Gasteiger partial charge is 0.496 e. The van der Waals surface area contributed by atoms with Gasteiger partial charge in [-0.25, -0.2) is 0 Å². The fourth-order valence-corrected chi connectivity index (χ4v) is 2.86. The third-order valence-electron chi connectivity index (χ3n) is 4.34. The van der Waals surface area contributed by atoms with E-state index in [1.54, 1.807) is 32.4 Å². The first kappa shape index (κ1) is 19.2. The number of benzene rings is 3. The van der Waals surface area contributed by atoms with Crippen LogP contribution in [-0.2, 0) is 4.79 Å². The molecule has 0 saturated carbocycles. The molecule has 0 fully saturated rings. The van der Waals surface area contributed by atoms with Crippen LogP contribution in [0.1, 0.15) is 11.1 Å². The Balaban J connectivity index is 1.70. The van der Waals surface area contributed by atoms with E-state index in [2.05, 4.69) is 24.3 Å². The molecule has 0 unspecified atom stereocenters. The maximum atomic E-state index is 12.2. The number of hydrogen-bond donors (Lipinski definition) is 0. The van der Waals surface area contributed by atoms with Gasteiger partial charge in [-0.15, -0.1) is 0 Å². The van der Waals surface area contributed by atoms with Crippen molar-refractivity contribution in [1.82, 2.24) is 0 Å². The number of carbonyl (C=O) groups is 1. The van der Waals surface area contributed by atoms with Gasteiger partial charge >= 0.3 is 0 Å². The van der Waals surface area contributed by atoms with E-state index in [4.69, 9.17) is 9.47 Å². The molecule has 0 aliphatic carbocycles. The Morgan fingerprint density at radius 3 is 1.86 bits per heavy atom. The average Bonchev–Trinajstić information content (AvgIpc) is 2.76. The van der Waals surface area contributed by atoms with Crippen molar-refractivity contribution in [3.63, 3.8) is 0 Å². The molecular formula is C25H22O3. The maximum Gasteiger partial charge on any atom is 0.178 e. The van der Waals surface area contributed by atoms with Crippen molar-refractivity contribution in [2.45, 2.75) is 0 Å². The summed E-state index contributed by atoms with van der Waals surface area (Å²) < 4.78 is 10.7. The molecule has 3 nitrogen and oxygen atoms in total. The van der Waals surface area contributed by atoms with E-state index >= 15 is 0 Å². The van der Waals surface area contributed by atoms with Gasteiger partial charge in [0.2, 0.25) is 0 Å². The molecule has 0 aromatic heterocycles. The molecule has 0 radical (unpaired) electrons. The topological polar surface area (TPSA) is 35.5 Å². The second-order valence-corrected chi connectivity index (χ2v) is 6.13. The Kier molecular flexibility index (Phi) is 6.42. The van der Waals surface area contributed by atoms with E-state index in [-0.39, 0.29) is 5.78 Å². The highest BCUT2D eigenvalue weighted by atomic mass is 16.5. The monoisotopic (exact) mass is 370 g/mol. The summed E-state index contributed by atoms with van der Waals surface area (Å²) in [6.45, 7) is 0. The molecule has 3 aromatic rings. The third kappa shape index (κ3) is 4.77. The van der Waals surface area contributed by atoms with Crippen LogP contribution < -0.4 is 9.47 Å². The van der Waals surface area contributed by atoms with Gasteiger partial charge in [-0.1, -0.05) is 66.7 Å². The van der Waals surface area contributed by atoms with Crippen molar-refractivity contribution in [3.05, 3.63) is 96.1 Å². The molecular weight excluding hydrogens is 348 g/mol. The van der Waals surface area contributed by atoms with Crippen LogP contribution in [0.5, 0.6) is 11.5 Å². The molecule has 0 N–H and O–H groups in total. The van der Waals surface area contributed by atoms with Crippen LogP contribution in [-0.4, -0.2) is 20.0 Å². The molecule has 140 valence electrons. The number of hydrogen-bond acceptors (Lipinski definition) is 3. The van der Waals surface area contributed by atoms with Crippen LogP contribution in [0.25, 0.3) is 23.3 Å². The summed E-state index contributed by atoms with van der Waals surface area (Å²) in [6, 6.07) is 23.8. The number of ketones is 1. The fourth-order valence-electron chi connectivity index (χ4n) is 2.86. The lowest BCUT2D eigenvalue weighted by molar-refractivity contribution is -0.110. The van der Waals surface area contributed by atoms with Crippen LogP contribution in [0.4, 0.5) is 0 Å². The summed E-state index contributed by atoms with van der Waals surface area (Å²) >= 11 is 0. The van der Waals surface area contributed by atoms with Crippen molar-refractivity contribution in [1.29, 1.82) is 0 Å². The molecule has 28 heavy (non-hydrogen) atoms. The lowest BCUT2D eigenvalue weighted by atomic mass is 10.0. The molecule has 0 heterocycles. The minimum atomic E-state index is -0.111. The lowest BCUT2D eigenvalue weighted by Gasteiger charge is -2.09. The van der Waals surface area contributed by atoms with E-state index < -0.39 is 0 Å². The summed E-state index contributed by atoms with van der Waals surface area (Å²) in [5.74, 6) is 1.20. The van der Waals surface area contributed by atoms with Crippen molar-refractivity contribution in [2.24, 2.45) is 0 Å². The Bertz CT molecular complexity index is 962. The van der Waals surface area contributed by atoms with Crippen LogP contribution in [0, 0.1) is 0 Å². The number of carbonyl (C=O) groups excluding carboxylic acids is 1. The quantitative estimate of drug-likeness (QED) is 0.503. The molecule has 0 bridgehead atoms. The van der Waals surface area contributed by atoms with Gasteiger partial charge < -0.3 is 9.47 Å². The summed E-state index contributed by atoms with van der Waals surface area (Å²) in [7, 11) is 3.18. The smallest absolute Gasteiger partial charge is 0.178 e. The van der Waals surface area contributed by atoms with Gasteiger partial charge in [0, 0.05) is 0 Å². The minimum Gasteiger partial charge on any atom is -0.496 e. The predicted molar refractivity (Wildman–Crippen MR) is 114 cm³/mol. The zero-order valence-corrected chi connectivity index (χ0v) is 16.0. The summed E-state index contributed by atoms with van der Waals surface area (Å²) in [5, 5.41) is 0. The van der Waals surface area contributed by atoms with Crippen LogP contribution in [0.3, 0.4) is 0 Å². The highest BCUT2D eigenvalue weighted by Crippen LogP contribution is 2.29. The molecule has 0 saturated heterocycles. The van der Waals surface area contributed by atoms with Crippen molar-refractivity contribution >= 4 is 17.9 Å². The van der Waals surface area contributed by atoms with Gasteiger partial charge in [0.15, 0.2) is 5.78 Å². The zero-order chi connectivity index (χ0) is 19.8. The molecule has 3 heteroatoms. The molecule has 3 rings (SSSR count). The first-order valence-corrected chi connectivity index (χ1v) is 8.98. The van der Waals surface area contributed by atoms with Gasteiger partial charge in [-0.05, 0) is 47.1 Å². The number of allylic oxidation sites excluding steroid dienone is 2. The summed E-state index contributed by atoms with van der Waals surface area (Å²) in [6.07, 6.45) is 6.58. The lowest BCUT2D eigenvalue weighted by Crippen LogP contribution is -1.93. The van der Waals surface area contributed by atoms with Crippen molar-refractivity contribution in [3.8, 4) is 22.6 Å². The highest BCUT2D eigenvalue weighted by Gasteiger charge is 2.06. The second kappa shape index (κ2) is 9.38. The van der Waals surface area contributed by atoms with Gasteiger partial charge in [0.25, 0.3) is 0 Å². The Labute approximate surface area is 165 Å². The van der Waals surface area contributed by atoms with Gasteiger partial charge in [0.05, 0.1) is 19.8 Å². The normalized spacial score (nSPS) is 11.1. The van der Waals surface area contributed by atoms with Crippen molar-refractivity contribution < 1.29 is 14.3 Å². The van der Waals surface area contributed by atoms with Gasteiger partial charge in [-0.2, -0.15) is 0 Å². The maximum absolute atomic E-state index is 12.2. The predicted octanol–water partition coefficient (Wildman–Crippen LogP) is 5.67. The van der Waals surface area contributed by atoms with Crippen molar-refractivity contribution in [2.75, 3.05) is 14.2 Å². The molecule has 0 spiro atoms. The van der Waals surface area contributed by atoms with E-state index in [1.807, 2.05) is 48.5 Å². The summed E-state index contributed by atoms with van der Waals surface area (Å²) in [4.78, 5) is 12.2. The van der Waals surface area contributed by atoms with E-state index in [0.29, 0.717) is 11.5 Å². The van der Waals surface area contributed by atoms with Gasteiger partial charge in [0.1, 0.15) is 11.5 Å². The minimum absolute atomic E-state index is 0.111. The highest BCUT2D eigenvalue weighted by molar-refractivity contribution is 6.04. The third-order valence-corrected chi connectivity index (χ3v) is 4.34. The number of methoxy groups -OCH3 is 2. The average molecular weight is 370 g/mol. The van der Waals surface area contributed by atoms with E-state index in [9.17, 15) is 4.79 Å². The van der Waals surface area contributed by atoms with Crippen LogP contribution in [0.15, 0.2) is 84.9 Å². The second-order valence-electron chi connectivity index (χ2n) is 6.13. The molecule has 3 aromatic carbocycles. The fraction of sp³-hybridized carbons (Fsp3) is 0.0800. The van der Waals surface area contributed by atoms with E-state index in [0.717, 1.165) is 16.7 Å². The Morgan fingerprint density at radius 1 is 0.679 bits per heavy atom. The van der Waals surface area contributed by atoms with E-state index in [1.165, 1.54) is 11.6 Å². The molecule has 0 aliphatic rings. The number of rotatable bonds is 7. The molecule has 0 amide bonds. The summed E-state index contributed by atoms with van der Waals surface area (Å²) in [5.41, 5.74) is 4.02. The first-order valence-electron chi connectivity index (χ1n) is 8.98. The zero-order valence-electron chi connectivity index (χ0n) is 16.0. The molecule has 0 atom stereocenters. The Morgan fingerprint density at radius 2 is 1.25 bits per heavy atom. The number of ether oxygens (including phenoxy) is 2. The van der Waals surface area contributed by atoms with Crippen LogP contribution in [0.2, 0.25) is 0 Å². The standard InChI is InChI=1S/C25H22O3/c1-27-24-9-6-10-25(28-2)23(24)18-17-22(26)16-13-19-11-14-21(15-12-19)20-7-4-3-5-8-20/h3-18H,1-2H3/b16-13+,18-17+. The Hall–Kier alpha value is -3.59. The molecule has 0 aliphatic heterocycles. The van der Waals surface area contributed by atoms with Crippen LogP contribution >= 0.6 is 0 Å². The SMILES string of the molecule is COc1cccc(OC)c1/C=C/C(=O)/C=C/c1ccc(-c2ccccc2)cc1. The first-order chi connectivity index (χ1) is 13.7. The van der Waals surface area contributed by atoms with Gasteiger partial charge in [-0.3, -0.25) is 4.79 Å².